The van der Waals surface area contributed by atoms with Gasteiger partial charge in [-0.25, -0.2) is 8.42 Å². The zero-order valence-electron chi connectivity index (χ0n) is 15.2. The van der Waals surface area contributed by atoms with Crippen LogP contribution >= 0.6 is 11.6 Å². The highest BCUT2D eigenvalue weighted by Gasteiger charge is 2.25. The molecule has 0 saturated carbocycles. The number of sulfonamides is 1. The van der Waals surface area contributed by atoms with Gasteiger partial charge in [-0.3, -0.25) is 14.4 Å². The van der Waals surface area contributed by atoms with E-state index in [1.807, 2.05) is 0 Å². The van der Waals surface area contributed by atoms with Gasteiger partial charge in [-0.05, 0) is 48.4 Å². The lowest BCUT2D eigenvalue weighted by Crippen LogP contribution is -2.26. The molecule has 0 bridgehead atoms. The van der Waals surface area contributed by atoms with Gasteiger partial charge in [-0.1, -0.05) is 16.1 Å². The first kappa shape index (κ1) is 20.3. The minimum atomic E-state index is -4.01. The monoisotopic (exact) mass is 423 g/mol. The highest BCUT2D eigenvalue weighted by molar-refractivity contribution is 7.89. The number of hydrogen-bond donors (Lipinski definition) is 2. The molecule has 3 rings (SSSR count). The van der Waals surface area contributed by atoms with Crippen LogP contribution in [0.15, 0.2) is 41.3 Å². The second-order valence-corrected chi connectivity index (χ2v) is 8.43. The third-order valence-corrected chi connectivity index (χ3v) is 6.49. The molecule has 1 heterocycles. The molecule has 1 aliphatic rings. The number of carbonyl (C=O) groups is 2. The van der Waals surface area contributed by atoms with E-state index in [0.29, 0.717) is 23.0 Å². The predicted molar refractivity (Wildman–Crippen MR) is 105 cm³/mol. The Morgan fingerprint density at radius 3 is 2.68 bits per heavy atom. The number of rotatable bonds is 5. The fourth-order valence-corrected chi connectivity index (χ4v) is 4.22. The van der Waals surface area contributed by atoms with Gasteiger partial charge in [0, 0.05) is 30.4 Å². The van der Waals surface area contributed by atoms with Crippen molar-refractivity contribution < 1.29 is 22.8 Å². The zero-order chi connectivity index (χ0) is 20.5. The Bertz CT molecular complexity index is 1060. The van der Waals surface area contributed by atoms with Crippen LogP contribution in [0.2, 0.25) is 5.02 Å². The van der Waals surface area contributed by atoms with Crippen molar-refractivity contribution in [2.24, 2.45) is 0 Å². The maximum absolute atomic E-state index is 12.6. The van der Waals surface area contributed by atoms with Crippen molar-refractivity contribution >= 4 is 44.8 Å². The number of nitrogens with zero attached hydrogens (tertiary/aromatic N) is 1. The summed E-state index contributed by atoms with van der Waals surface area (Å²) in [6.07, 6.45) is 0.966. The first-order chi connectivity index (χ1) is 13.2. The zero-order valence-corrected chi connectivity index (χ0v) is 16.7. The second-order valence-electron chi connectivity index (χ2n) is 6.12. The summed E-state index contributed by atoms with van der Waals surface area (Å²) in [4.78, 5) is 28.5. The first-order valence-corrected chi connectivity index (χ1v) is 10.1. The van der Waals surface area contributed by atoms with Crippen molar-refractivity contribution in [2.45, 2.75) is 17.7 Å². The number of hydrogen-bond acceptors (Lipinski definition) is 5. The van der Waals surface area contributed by atoms with Crippen LogP contribution in [0.25, 0.3) is 0 Å². The van der Waals surface area contributed by atoms with Crippen LogP contribution < -0.4 is 10.6 Å². The minimum Gasteiger partial charge on any atom is -0.326 e. The van der Waals surface area contributed by atoms with Crippen molar-refractivity contribution in [3.63, 3.8) is 0 Å². The van der Waals surface area contributed by atoms with Gasteiger partial charge in [0.25, 0.3) is 15.9 Å². The van der Waals surface area contributed by atoms with Crippen molar-refractivity contribution in [2.75, 3.05) is 24.8 Å². The lowest BCUT2D eigenvalue weighted by Gasteiger charge is -2.18. The molecule has 0 aliphatic carbocycles. The van der Waals surface area contributed by atoms with Gasteiger partial charge in [0.1, 0.15) is 4.90 Å². The topological polar surface area (TPSA) is 105 Å². The summed E-state index contributed by atoms with van der Waals surface area (Å²) in [6.45, 7) is 0. The van der Waals surface area contributed by atoms with Gasteiger partial charge < -0.3 is 10.6 Å². The largest absolute Gasteiger partial charge is 0.326 e. The summed E-state index contributed by atoms with van der Waals surface area (Å²) in [5.74, 6) is -0.534. The number of nitrogens with one attached hydrogen (secondary N) is 2. The molecule has 0 spiro atoms. The molecule has 0 atom stereocenters. The molecule has 2 N–H and O–H groups in total. The van der Waals surface area contributed by atoms with Crippen molar-refractivity contribution in [1.29, 1.82) is 0 Å². The van der Waals surface area contributed by atoms with Gasteiger partial charge >= 0.3 is 0 Å². The molecule has 0 aromatic heterocycles. The second kappa shape index (κ2) is 7.88. The number of aryl methyl sites for hydroxylation is 1. The number of halogens is 1. The van der Waals surface area contributed by atoms with Crippen LogP contribution in [-0.4, -0.2) is 38.9 Å². The van der Waals surface area contributed by atoms with E-state index >= 15 is 0 Å². The van der Waals surface area contributed by atoms with Gasteiger partial charge in [-0.2, -0.15) is 0 Å². The molecular weight excluding hydrogens is 406 g/mol. The van der Waals surface area contributed by atoms with Gasteiger partial charge in [0.2, 0.25) is 5.91 Å². The van der Waals surface area contributed by atoms with E-state index in [0.717, 1.165) is 11.3 Å². The summed E-state index contributed by atoms with van der Waals surface area (Å²) in [6, 6.07) is 9.12. The Morgan fingerprint density at radius 2 is 1.96 bits per heavy atom. The number of fused-ring (bicyclic) bond motifs is 1. The molecule has 2 aromatic carbocycles. The molecule has 0 unspecified atom stereocenters. The molecule has 28 heavy (non-hydrogen) atoms. The van der Waals surface area contributed by atoms with Gasteiger partial charge in [0.05, 0.1) is 12.1 Å². The standard InChI is InChI=1S/C18H18ClN3O5S/c1-22(27-2)28(25,26)16-10-12(3-6-14(16)19)18(24)20-13-5-7-15-11(9-13)4-8-17(23)21-15/h3,5-7,9-10H,4,8H2,1-2H3,(H,20,24)(H,21,23). The quantitative estimate of drug-likeness (QED) is 0.719. The number of anilines is 2. The maximum atomic E-state index is 12.6. The van der Waals surface area contributed by atoms with Crippen LogP contribution in [0.1, 0.15) is 22.3 Å². The van der Waals surface area contributed by atoms with Crippen LogP contribution in [0, 0.1) is 0 Å². The molecule has 1 aliphatic heterocycles. The summed E-state index contributed by atoms with van der Waals surface area (Å²) < 4.78 is 25.6. The van der Waals surface area contributed by atoms with E-state index in [4.69, 9.17) is 16.4 Å². The van der Waals surface area contributed by atoms with Crippen molar-refractivity contribution in [3.8, 4) is 0 Å². The highest BCUT2D eigenvalue weighted by Crippen LogP contribution is 2.28. The molecular formula is C18H18ClN3O5S. The fraction of sp³-hybridized carbons (Fsp3) is 0.222. The summed E-state index contributed by atoms with van der Waals surface area (Å²) in [5, 5.41) is 5.47. The molecule has 148 valence electrons. The molecule has 0 fully saturated rings. The Balaban J connectivity index is 1.86. The van der Waals surface area contributed by atoms with Crippen molar-refractivity contribution in [3.05, 3.63) is 52.5 Å². The molecule has 0 radical (unpaired) electrons. The summed E-state index contributed by atoms with van der Waals surface area (Å²) >= 11 is 6.01. The molecule has 8 nitrogen and oxygen atoms in total. The fourth-order valence-electron chi connectivity index (χ4n) is 2.74. The van der Waals surface area contributed by atoms with Gasteiger partial charge in [-0.15, -0.1) is 0 Å². The van der Waals surface area contributed by atoms with Crippen LogP contribution in [-0.2, 0) is 26.1 Å². The molecule has 2 aromatic rings. The average Bonchev–Trinajstić information content (AvgIpc) is 2.67. The number of amides is 2. The molecule has 0 saturated heterocycles. The minimum absolute atomic E-state index is 0.0232. The maximum Gasteiger partial charge on any atom is 0.266 e. The van der Waals surface area contributed by atoms with E-state index < -0.39 is 15.9 Å². The van der Waals surface area contributed by atoms with E-state index in [1.54, 1.807) is 18.2 Å². The lowest BCUT2D eigenvalue weighted by molar-refractivity contribution is -0.116. The Kier molecular flexibility index (Phi) is 5.71. The molecule has 2 amide bonds. The van der Waals surface area contributed by atoms with Crippen LogP contribution in [0.5, 0.6) is 0 Å². The van der Waals surface area contributed by atoms with E-state index in [-0.39, 0.29) is 21.4 Å². The normalized spacial score (nSPS) is 13.8. The first-order valence-electron chi connectivity index (χ1n) is 8.29. The smallest absolute Gasteiger partial charge is 0.266 e. The van der Waals surface area contributed by atoms with E-state index in [9.17, 15) is 18.0 Å². The Labute approximate surface area is 167 Å². The predicted octanol–water partition coefficient (Wildman–Crippen LogP) is 2.66. The van der Waals surface area contributed by atoms with E-state index in [1.165, 1.54) is 32.4 Å². The average molecular weight is 424 g/mol. The highest BCUT2D eigenvalue weighted by atomic mass is 35.5. The van der Waals surface area contributed by atoms with Crippen molar-refractivity contribution in [1.82, 2.24) is 4.47 Å². The third kappa shape index (κ3) is 4.02. The van der Waals surface area contributed by atoms with Crippen LogP contribution in [0.3, 0.4) is 0 Å². The Hall–Kier alpha value is -2.46. The lowest BCUT2D eigenvalue weighted by atomic mass is 10.0. The number of carbonyl (C=O) groups excluding carboxylic acids is 2. The SMILES string of the molecule is CON(C)S(=O)(=O)c1cc(C(=O)Nc2ccc3c(c2)CCC(=O)N3)ccc1Cl. The Morgan fingerprint density at radius 1 is 1.21 bits per heavy atom. The van der Waals surface area contributed by atoms with E-state index in [2.05, 4.69) is 10.6 Å². The van der Waals surface area contributed by atoms with Crippen LogP contribution in [0.4, 0.5) is 11.4 Å². The molecule has 10 heteroatoms. The summed E-state index contributed by atoms with van der Waals surface area (Å²) in [7, 11) is -1.57. The summed E-state index contributed by atoms with van der Waals surface area (Å²) in [5.41, 5.74) is 2.29. The van der Waals surface area contributed by atoms with Gasteiger partial charge in [0.15, 0.2) is 0 Å². The number of hydroxylamine groups is 1. The number of benzene rings is 2. The third-order valence-electron chi connectivity index (χ3n) is 4.33.